The van der Waals surface area contributed by atoms with E-state index in [1.54, 1.807) is 0 Å². The van der Waals surface area contributed by atoms with E-state index in [9.17, 15) is 9.90 Å². The normalized spacial score (nSPS) is 17.8. The van der Waals surface area contributed by atoms with Gasteiger partial charge in [0, 0.05) is 17.5 Å². The molecule has 0 radical (unpaired) electrons. The van der Waals surface area contributed by atoms with Gasteiger partial charge >= 0.3 is 5.97 Å². The van der Waals surface area contributed by atoms with Gasteiger partial charge in [0.2, 0.25) is 0 Å². The Balaban J connectivity index is 1.25. The second kappa shape index (κ2) is 10.5. The highest BCUT2D eigenvalue weighted by molar-refractivity contribution is 5.89. The van der Waals surface area contributed by atoms with E-state index in [4.69, 9.17) is 4.74 Å². The molecule has 4 nitrogen and oxygen atoms in total. The first kappa shape index (κ1) is 24.1. The molecule has 0 fully saturated rings. The maximum Gasteiger partial charge on any atom is 0.335 e. The fourth-order valence-corrected chi connectivity index (χ4v) is 5.46. The molecule has 1 unspecified atom stereocenters. The van der Waals surface area contributed by atoms with E-state index in [1.165, 1.54) is 16.3 Å². The molecular formula is C32H33NO3. The van der Waals surface area contributed by atoms with Crippen LogP contribution in [0.15, 0.2) is 84.9 Å². The third-order valence-corrected chi connectivity index (χ3v) is 7.42. The maximum atomic E-state index is 11.7. The molecule has 1 aliphatic rings. The summed E-state index contributed by atoms with van der Waals surface area (Å²) < 4.78 is 6.39. The van der Waals surface area contributed by atoms with E-state index < -0.39 is 5.97 Å². The van der Waals surface area contributed by atoms with Crippen molar-refractivity contribution in [2.24, 2.45) is 0 Å². The minimum Gasteiger partial charge on any atom is -0.490 e. The minimum atomic E-state index is -0.877. The van der Waals surface area contributed by atoms with Crippen molar-refractivity contribution in [2.75, 3.05) is 6.54 Å². The highest BCUT2D eigenvalue weighted by Crippen LogP contribution is 2.41. The Morgan fingerprint density at radius 3 is 2.67 bits per heavy atom. The van der Waals surface area contributed by atoms with Crippen LogP contribution in [0, 0.1) is 6.92 Å². The Labute approximate surface area is 212 Å². The van der Waals surface area contributed by atoms with Gasteiger partial charge in [-0.05, 0) is 79.3 Å². The van der Waals surface area contributed by atoms with Crippen LogP contribution in [0.25, 0.3) is 10.8 Å². The summed E-state index contributed by atoms with van der Waals surface area (Å²) in [5.74, 6) is 0.159. The summed E-state index contributed by atoms with van der Waals surface area (Å²) in [6.07, 6.45) is 2.88. The quantitative estimate of drug-likeness (QED) is 0.261. The Bertz CT molecular complexity index is 1370. The van der Waals surface area contributed by atoms with Gasteiger partial charge in [0.05, 0.1) is 11.7 Å². The molecule has 3 atom stereocenters. The van der Waals surface area contributed by atoms with Gasteiger partial charge in [-0.2, -0.15) is 0 Å². The monoisotopic (exact) mass is 479 g/mol. The summed E-state index contributed by atoms with van der Waals surface area (Å²) in [7, 11) is 0. The van der Waals surface area contributed by atoms with Gasteiger partial charge in [-0.1, -0.05) is 72.8 Å². The first-order valence-electron chi connectivity index (χ1n) is 12.8. The van der Waals surface area contributed by atoms with E-state index in [2.05, 4.69) is 66.8 Å². The number of ether oxygens (including phenoxy) is 1. The number of hydrogen-bond donors (Lipinski definition) is 2. The lowest BCUT2D eigenvalue weighted by molar-refractivity contribution is 0.0696. The molecule has 1 aliphatic heterocycles. The van der Waals surface area contributed by atoms with E-state index in [0.29, 0.717) is 5.56 Å². The van der Waals surface area contributed by atoms with E-state index in [1.807, 2.05) is 37.3 Å². The van der Waals surface area contributed by atoms with Crippen molar-refractivity contribution in [3.8, 4) is 5.75 Å². The first-order chi connectivity index (χ1) is 17.5. The van der Waals surface area contributed by atoms with Gasteiger partial charge in [0.1, 0.15) is 5.75 Å². The molecule has 4 heteroatoms. The predicted molar refractivity (Wildman–Crippen MR) is 145 cm³/mol. The summed E-state index contributed by atoms with van der Waals surface area (Å²) in [4.78, 5) is 11.7. The van der Waals surface area contributed by atoms with E-state index >= 15 is 0 Å². The van der Waals surface area contributed by atoms with Crippen molar-refractivity contribution in [1.82, 2.24) is 5.32 Å². The van der Waals surface area contributed by atoms with Crippen LogP contribution < -0.4 is 10.1 Å². The van der Waals surface area contributed by atoms with Crippen LogP contribution in [0.3, 0.4) is 0 Å². The number of hydrogen-bond acceptors (Lipinski definition) is 3. The molecule has 0 aliphatic carbocycles. The fraction of sp³-hybridized carbons (Fsp3) is 0.281. The summed E-state index contributed by atoms with van der Waals surface area (Å²) in [6, 6.07) is 29.3. The molecule has 4 aromatic carbocycles. The van der Waals surface area contributed by atoms with Gasteiger partial charge in [0.15, 0.2) is 0 Å². The molecule has 1 heterocycles. The van der Waals surface area contributed by atoms with Crippen LogP contribution in [-0.4, -0.2) is 23.7 Å². The molecule has 4 aromatic rings. The summed E-state index contributed by atoms with van der Waals surface area (Å²) in [6.45, 7) is 4.98. The third-order valence-electron chi connectivity index (χ3n) is 7.42. The number of carbonyl (C=O) groups is 1. The molecule has 0 aromatic heterocycles. The van der Waals surface area contributed by atoms with Crippen LogP contribution in [-0.2, 0) is 0 Å². The maximum absolute atomic E-state index is 11.7. The lowest BCUT2D eigenvalue weighted by atomic mass is 9.82. The number of carboxylic acid groups (broad SMARTS) is 1. The summed E-state index contributed by atoms with van der Waals surface area (Å²) in [5.41, 5.74) is 4.66. The van der Waals surface area contributed by atoms with Gasteiger partial charge in [0.25, 0.3) is 0 Å². The topological polar surface area (TPSA) is 58.6 Å². The second-order valence-electron chi connectivity index (χ2n) is 9.83. The highest BCUT2D eigenvalue weighted by atomic mass is 16.5. The number of aryl methyl sites for hydroxylation is 1. The Hall–Kier alpha value is -3.63. The van der Waals surface area contributed by atoms with Crippen molar-refractivity contribution >= 4 is 16.7 Å². The number of aromatic carboxylic acids is 1. The van der Waals surface area contributed by atoms with Crippen molar-refractivity contribution in [2.45, 2.75) is 51.2 Å². The molecule has 5 rings (SSSR count). The van der Waals surface area contributed by atoms with Crippen LogP contribution in [0.4, 0.5) is 0 Å². The number of rotatable bonds is 8. The van der Waals surface area contributed by atoms with Crippen molar-refractivity contribution in [3.05, 3.63) is 113 Å². The van der Waals surface area contributed by atoms with Crippen molar-refractivity contribution < 1.29 is 14.6 Å². The zero-order chi connectivity index (χ0) is 25.1. The van der Waals surface area contributed by atoms with E-state index in [-0.39, 0.29) is 18.1 Å². The minimum absolute atomic E-state index is 0.0918. The predicted octanol–water partition coefficient (Wildman–Crippen LogP) is 7.26. The Morgan fingerprint density at radius 1 is 1.03 bits per heavy atom. The molecular weight excluding hydrogens is 446 g/mol. The lowest BCUT2D eigenvalue weighted by Crippen LogP contribution is -2.28. The van der Waals surface area contributed by atoms with Gasteiger partial charge in [-0.3, -0.25) is 0 Å². The second-order valence-corrected chi connectivity index (χ2v) is 9.83. The van der Waals surface area contributed by atoms with Crippen LogP contribution in [0.1, 0.15) is 70.8 Å². The molecule has 0 amide bonds. The Morgan fingerprint density at radius 2 is 1.81 bits per heavy atom. The average Bonchev–Trinajstić information content (AvgIpc) is 2.90. The fourth-order valence-electron chi connectivity index (χ4n) is 5.46. The standard InChI is InChI=1S/C32H33NO3/c1-21-16-17-24(19-29(21)32(34)35)30-20-25(36-31-15-6-5-13-28(30)31)11-8-18-33-22(2)26-14-7-10-23-9-3-4-12-27(23)26/h3-7,9-10,12-17,19,22,25,30,33H,8,11,18,20H2,1-2H3,(H,34,35)/t22?,25-,30-/m0/s1. The van der Waals surface area contributed by atoms with Crippen LogP contribution >= 0.6 is 0 Å². The molecule has 184 valence electrons. The molecule has 0 saturated heterocycles. The SMILES string of the molecule is Cc1ccc([C@@H]2C[C@H](CCCNC(C)c3cccc4ccccc34)Oc3ccccc32)cc1C(=O)O. The van der Waals surface area contributed by atoms with Gasteiger partial charge < -0.3 is 15.2 Å². The first-order valence-corrected chi connectivity index (χ1v) is 12.8. The van der Waals surface area contributed by atoms with Crippen LogP contribution in [0.2, 0.25) is 0 Å². The van der Waals surface area contributed by atoms with Crippen molar-refractivity contribution in [1.29, 1.82) is 0 Å². The zero-order valence-corrected chi connectivity index (χ0v) is 20.9. The third kappa shape index (κ3) is 5.00. The summed E-state index contributed by atoms with van der Waals surface area (Å²) in [5, 5.41) is 15.9. The molecule has 0 spiro atoms. The summed E-state index contributed by atoms with van der Waals surface area (Å²) >= 11 is 0. The molecule has 36 heavy (non-hydrogen) atoms. The van der Waals surface area contributed by atoms with Gasteiger partial charge in [-0.25, -0.2) is 4.79 Å². The number of benzene rings is 4. The largest absolute Gasteiger partial charge is 0.490 e. The number of para-hydroxylation sites is 1. The lowest BCUT2D eigenvalue weighted by Gasteiger charge is -2.33. The van der Waals surface area contributed by atoms with Crippen LogP contribution in [0.5, 0.6) is 5.75 Å². The smallest absolute Gasteiger partial charge is 0.335 e. The van der Waals surface area contributed by atoms with E-state index in [0.717, 1.165) is 48.2 Å². The number of carboxylic acids is 1. The Kier molecular flexibility index (Phi) is 7.06. The zero-order valence-electron chi connectivity index (χ0n) is 20.9. The number of fused-ring (bicyclic) bond motifs is 2. The number of nitrogens with one attached hydrogen (secondary N) is 1. The average molecular weight is 480 g/mol. The molecule has 2 N–H and O–H groups in total. The molecule has 0 bridgehead atoms. The molecule has 0 saturated carbocycles. The van der Waals surface area contributed by atoms with Gasteiger partial charge in [-0.15, -0.1) is 0 Å². The van der Waals surface area contributed by atoms with Crippen molar-refractivity contribution in [3.63, 3.8) is 0 Å². The highest BCUT2D eigenvalue weighted by Gasteiger charge is 2.29.